The number of carbonyl (C=O) groups is 3. The number of imide groups is 1. The van der Waals surface area contributed by atoms with Crippen molar-refractivity contribution in [1.82, 2.24) is 10.9 Å². The average Bonchev–Trinajstić information content (AvgIpc) is 2.99. The van der Waals surface area contributed by atoms with E-state index >= 15 is 0 Å². The second-order valence-electron chi connectivity index (χ2n) is 6.46. The minimum Gasteiger partial charge on any atom is -0.287 e. The normalized spacial score (nSPS) is 16.6. The Balaban J connectivity index is 1.48. The molecule has 28 heavy (non-hydrogen) atoms. The van der Waals surface area contributed by atoms with Crippen LogP contribution >= 0.6 is 11.6 Å². The van der Waals surface area contributed by atoms with Gasteiger partial charge in [0.05, 0.1) is 12.1 Å². The zero-order chi connectivity index (χ0) is 19.7. The summed E-state index contributed by atoms with van der Waals surface area (Å²) < 4.78 is 0. The van der Waals surface area contributed by atoms with Gasteiger partial charge in [0.15, 0.2) is 0 Å². The van der Waals surface area contributed by atoms with Crippen molar-refractivity contribution in [2.24, 2.45) is 0 Å². The number of nitrogens with one attached hydrogen (secondary N) is 2. The number of fused-ring (bicyclic) bond motifs is 1. The van der Waals surface area contributed by atoms with Crippen molar-refractivity contribution in [3.63, 3.8) is 0 Å². The van der Waals surface area contributed by atoms with Crippen molar-refractivity contribution in [1.29, 1.82) is 0 Å². The molecule has 3 amide bonds. The largest absolute Gasteiger partial charge is 0.287 e. The Labute approximate surface area is 166 Å². The van der Waals surface area contributed by atoms with Gasteiger partial charge in [-0.05, 0) is 41.1 Å². The predicted octanol–water partition coefficient (Wildman–Crippen LogP) is 3.06. The predicted molar refractivity (Wildman–Crippen MR) is 107 cm³/mol. The van der Waals surface area contributed by atoms with Crippen LogP contribution in [-0.4, -0.2) is 23.8 Å². The van der Waals surface area contributed by atoms with Gasteiger partial charge in [0.2, 0.25) is 5.91 Å². The monoisotopic (exact) mass is 393 g/mol. The number of hydrogen-bond acceptors (Lipinski definition) is 4. The van der Waals surface area contributed by atoms with E-state index in [1.54, 1.807) is 30.3 Å². The summed E-state index contributed by atoms with van der Waals surface area (Å²) in [6.45, 7) is 0. The summed E-state index contributed by atoms with van der Waals surface area (Å²) in [5, 5.41) is 2.39. The van der Waals surface area contributed by atoms with Crippen LogP contribution in [-0.2, 0) is 9.59 Å². The molecule has 0 saturated carbocycles. The van der Waals surface area contributed by atoms with E-state index in [-0.39, 0.29) is 12.3 Å². The molecule has 140 valence electrons. The molecule has 3 aromatic rings. The van der Waals surface area contributed by atoms with Crippen LogP contribution in [0.3, 0.4) is 0 Å². The molecule has 0 unspecified atom stereocenters. The summed E-state index contributed by atoms with van der Waals surface area (Å²) in [5.41, 5.74) is 6.00. The number of hydrogen-bond donors (Lipinski definition) is 2. The van der Waals surface area contributed by atoms with E-state index in [0.717, 1.165) is 15.7 Å². The highest BCUT2D eigenvalue weighted by atomic mass is 35.5. The van der Waals surface area contributed by atoms with Crippen LogP contribution in [0.15, 0.2) is 66.7 Å². The van der Waals surface area contributed by atoms with Crippen LogP contribution in [0.2, 0.25) is 5.02 Å². The maximum atomic E-state index is 12.7. The zero-order valence-electron chi connectivity index (χ0n) is 14.7. The maximum Gasteiger partial charge on any atom is 0.265 e. The lowest BCUT2D eigenvalue weighted by Gasteiger charge is -2.16. The van der Waals surface area contributed by atoms with Gasteiger partial charge in [0, 0.05) is 10.6 Å². The van der Waals surface area contributed by atoms with E-state index in [1.165, 1.54) is 6.07 Å². The molecule has 0 radical (unpaired) electrons. The molecule has 0 spiro atoms. The number of amides is 3. The first kappa shape index (κ1) is 18.2. The van der Waals surface area contributed by atoms with Crippen LogP contribution in [0.1, 0.15) is 16.8 Å². The number of halogens is 1. The lowest BCUT2D eigenvalue weighted by Crippen LogP contribution is -2.48. The fourth-order valence-electron chi connectivity index (χ4n) is 3.19. The molecule has 1 fully saturated rings. The Morgan fingerprint density at radius 1 is 0.964 bits per heavy atom. The van der Waals surface area contributed by atoms with E-state index in [1.807, 2.05) is 30.3 Å². The van der Waals surface area contributed by atoms with E-state index in [2.05, 4.69) is 10.9 Å². The highest BCUT2D eigenvalue weighted by Gasteiger charge is 2.39. The highest BCUT2D eigenvalue weighted by Crippen LogP contribution is 2.26. The van der Waals surface area contributed by atoms with Gasteiger partial charge in [-0.25, -0.2) is 10.3 Å². The third-order valence-corrected chi connectivity index (χ3v) is 4.82. The van der Waals surface area contributed by atoms with Crippen LogP contribution < -0.4 is 15.8 Å². The smallest absolute Gasteiger partial charge is 0.265 e. The Hall–Kier alpha value is -3.22. The molecule has 4 rings (SSSR count). The Bertz CT molecular complexity index is 1100. The minimum absolute atomic E-state index is 0.0402. The van der Waals surface area contributed by atoms with E-state index in [9.17, 15) is 14.4 Å². The van der Waals surface area contributed by atoms with Gasteiger partial charge in [-0.3, -0.25) is 19.8 Å². The van der Waals surface area contributed by atoms with Crippen molar-refractivity contribution < 1.29 is 14.4 Å². The van der Waals surface area contributed by atoms with Gasteiger partial charge in [-0.2, -0.15) is 0 Å². The van der Waals surface area contributed by atoms with Crippen molar-refractivity contribution in [2.45, 2.75) is 12.5 Å². The number of benzene rings is 3. The lowest BCUT2D eigenvalue weighted by atomic mass is 10.1. The molecule has 3 aromatic carbocycles. The third-order valence-electron chi connectivity index (χ3n) is 4.58. The second-order valence-corrected chi connectivity index (χ2v) is 6.90. The molecule has 1 saturated heterocycles. The molecule has 1 heterocycles. The summed E-state index contributed by atoms with van der Waals surface area (Å²) in [7, 11) is 0. The third kappa shape index (κ3) is 3.47. The zero-order valence-corrected chi connectivity index (χ0v) is 15.4. The SMILES string of the molecule is O=C(NN[C@@H]1CC(=O)N(c2ccc3ccccc3c2)C1=O)c1cccc(Cl)c1. The van der Waals surface area contributed by atoms with Crippen molar-refractivity contribution in [3.8, 4) is 0 Å². The first-order valence-electron chi connectivity index (χ1n) is 8.70. The maximum absolute atomic E-state index is 12.7. The number of nitrogens with zero attached hydrogens (tertiary/aromatic N) is 1. The highest BCUT2D eigenvalue weighted by molar-refractivity contribution is 6.31. The van der Waals surface area contributed by atoms with Crippen LogP contribution in [0.5, 0.6) is 0 Å². The number of carbonyl (C=O) groups excluding carboxylic acids is 3. The van der Waals surface area contributed by atoms with Crippen LogP contribution in [0.25, 0.3) is 10.8 Å². The molecular weight excluding hydrogens is 378 g/mol. The van der Waals surface area contributed by atoms with Gasteiger partial charge in [0.25, 0.3) is 11.8 Å². The van der Waals surface area contributed by atoms with E-state index in [4.69, 9.17) is 11.6 Å². The summed E-state index contributed by atoms with van der Waals surface area (Å²) in [6.07, 6.45) is -0.0402. The molecule has 2 N–H and O–H groups in total. The molecule has 1 aliphatic heterocycles. The van der Waals surface area contributed by atoms with Crippen LogP contribution in [0, 0.1) is 0 Å². The molecule has 0 aromatic heterocycles. The second kappa shape index (κ2) is 7.42. The summed E-state index contributed by atoms with van der Waals surface area (Å²) in [6, 6.07) is 18.7. The quantitative estimate of drug-likeness (QED) is 0.527. The molecule has 7 heteroatoms. The lowest BCUT2D eigenvalue weighted by molar-refractivity contribution is -0.121. The van der Waals surface area contributed by atoms with Gasteiger partial charge >= 0.3 is 0 Å². The number of rotatable bonds is 4. The summed E-state index contributed by atoms with van der Waals surface area (Å²) >= 11 is 5.88. The fraction of sp³-hybridized carbons (Fsp3) is 0.0952. The van der Waals surface area contributed by atoms with Gasteiger partial charge in [-0.1, -0.05) is 48.0 Å². The molecule has 1 atom stereocenters. The molecule has 6 nitrogen and oxygen atoms in total. The Morgan fingerprint density at radius 2 is 1.75 bits per heavy atom. The van der Waals surface area contributed by atoms with E-state index < -0.39 is 17.9 Å². The van der Waals surface area contributed by atoms with Crippen molar-refractivity contribution >= 4 is 45.8 Å². The van der Waals surface area contributed by atoms with Gasteiger partial charge in [0.1, 0.15) is 6.04 Å². The molecule has 0 bridgehead atoms. The summed E-state index contributed by atoms with van der Waals surface area (Å²) in [4.78, 5) is 38.5. The Morgan fingerprint density at radius 3 is 2.54 bits per heavy atom. The Kier molecular flexibility index (Phi) is 4.81. The van der Waals surface area contributed by atoms with Gasteiger partial charge < -0.3 is 0 Å². The molecule has 0 aliphatic carbocycles. The molecule has 1 aliphatic rings. The van der Waals surface area contributed by atoms with Crippen molar-refractivity contribution in [3.05, 3.63) is 77.3 Å². The van der Waals surface area contributed by atoms with Gasteiger partial charge in [-0.15, -0.1) is 0 Å². The first-order valence-corrected chi connectivity index (χ1v) is 9.08. The van der Waals surface area contributed by atoms with Crippen LogP contribution in [0.4, 0.5) is 5.69 Å². The summed E-state index contributed by atoms with van der Waals surface area (Å²) in [5.74, 6) is -1.17. The number of hydrazine groups is 1. The standard InChI is InChI=1S/C21H16ClN3O3/c22-16-7-3-6-15(10-16)20(27)24-23-18-12-19(26)25(21(18)28)17-9-8-13-4-1-2-5-14(13)11-17/h1-11,18,23H,12H2,(H,24,27)/t18-/m1/s1. The minimum atomic E-state index is -0.831. The number of anilines is 1. The molecular formula is C21H16ClN3O3. The first-order chi connectivity index (χ1) is 13.5. The van der Waals surface area contributed by atoms with Crippen molar-refractivity contribution in [2.75, 3.05) is 4.90 Å². The fourth-order valence-corrected chi connectivity index (χ4v) is 3.38. The average molecular weight is 394 g/mol. The topological polar surface area (TPSA) is 78.5 Å². The van der Waals surface area contributed by atoms with E-state index in [0.29, 0.717) is 16.3 Å².